The third-order valence-electron chi connectivity index (χ3n) is 6.10. The number of hydrogen-bond acceptors (Lipinski definition) is 5. The fourth-order valence-electron chi connectivity index (χ4n) is 3.33. The van der Waals surface area contributed by atoms with E-state index in [0.29, 0.717) is 24.3 Å². The van der Waals surface area contributed by atoms with E-state index in [1.54, 1.807) is 0 Å². The van der Waals surface area contributed by atoms with Crippen LogP contribution in [0.3, 0.4) is 0 Å². The first-order chi connectivity index (χ1) is 21.6. The van der Waals surface area contributed by atoms with Crippen LogP contribution in [0.4, 0.5) is 75.9 Å². The summed E-state index contributed by atoms with van der Waals surface area (Å²) in [4.78, 5) is 26.3. The highest BCUT2D eigenvalue weighted by molar-refractivity contribution is 5.90. The fourth-order valence-corrected chi connectivity index (χ4v) is 3.33. The molecule has 0 aromatic heterocycles. The van der Waals surface area contributed by atoms with Gasteiger partial charge in [-0.1, -0.05) is 24.3 Å². The van der Waals surface area contributed by atoms with Crippen LogP contribution in [0.25, 0.3) is 4.85 Å². The van der Waals surface area contributed by atoms with Crippen LogP contribution < -0.4 is 0 Å². The molecule has 6 nitrogen and oxygen atoms in total. The molecule has 0 spiro atoms. The number of rotatable bonds is 13. The number of carbonyl (C=O) groups excluding carboxylic acids is 2. The maximum Gasteiger partial charge on any atom is 0.385 e. The van der Waals surface area contributed by atoms with Gasteiger partial charge in [0.1, 0.15) is 0 Å². The molecule has 0 N–H and O–H groups in total. The predicted molar refractivity (Wildman–Crippen MR) is 124 cm³/mol. The number of alkyl halides is 16. The standard InChI is InChI=1S/C26H12F16N2O4/c1-44-16-7-3-6-15(9-16)18(46)48-12-20(29,30)22(33,34)24(37,38)26(41,42)25(39,40)23(35,36)21(31,32)19(27,28)11-47-17(45)14-5-2-4-13(8-14)10-43/h2-9H,11-12H2. The Morgan fingerprint density at radius 2 is 0.958 bits per heavy atom. The molecule has 2 aromatic carbocycles. The van der Waals surface area contributed by atoms with E-state index in [4.69, 9.17) is 11.8 Å². The van der Waals surface area contributed by atoms with Gasteiger partial charge in [-0.2, -0.15) is 75.5 Å². The molecule has 0 radical (unpaired) electrons. The van der Waals surface area contributed by atoms with Crippen molar-refractivity contribution >= 4 is 17.6 Å². The maximum atomic E-state index is 14.2. The predicted octanol–water partition coefficient (Wildman–Crippen LogP) is 8.21. The number of benzene rings is 2. The average molecular weight is 720 g/mol. The van der Waals surface area contributed by atoms with Crippen molar-refractivity contribution in [2.45, 2.75) is 47.4 Å². The van der Waals surface area contributed by atoms with Crippen molar-refractivity contribution in [3.63, 3.8) is 0 Å². The lowest BCUT2D eigenvalue weighted by atomic mass is 9.88. The van der Waals surface area contributed by atoms with Crippen molar-refractivity contribution in [3.05, 3.63) is 76.6 Å². The minimum Gasteiger partial charge on any atom is -0.455 e. The second kappa shape index (κ2) is 12.7. The summed E-state index contributed by atoms with van der Waals surface area (Å²) in [5.41, 5.74) is -2.64. The highest BCUT2D eigenvalue weighted by Crippen LogP contribution is 2.63. The Bertz CT molecular complexity index is 1510. The number of esters is 2. The summed E-state index contributed by atoms with van der Waals surface area (Å²) in [6.45, 7) is -0.0338. The Morgan fingerprint density at radius 1 is 0.604 bits per heavy atom. The van der Waals surface area contributed by atoms with Crippen LogP contribution in [0.2, 0.25) is 0 Å². The first-order valence-electron chi connectivity index (χ1n) is 11.9. The van der Waals surface area contributed by atoms with Crippen LogP contribution in [0.1, 0.15) is 26.3 Å². The Kier molecular flexibility index (Phi) is 10.4. The molecule has 48 heavy (non-hydrogen) atoms. The van der Waals surface area contributed by atoms with E-state index in [2.05, 4.69) is 14.3 Å². The molecule has 2 rings (SSSR count). The molecule has 0 amide bonds. The minimum atomic E-state index is -8.72. The zero-order valence-corrected chi connectivity index (χ0v) is 22.6. The van der Waals surface area contributed by atoms with Crippen LogP contribution in [0.15, 0.2) is 48.5 Å². The molecule has 2 aromatic rings. The van der Waals surface area contributed by atoms with Crippen molar-refractivity contribution in [1.82, 2.24) is 0 Å². The Labute approximate surface area is 256 Å². The van der Waals surface area contributed by atoms with Gasteiger partial charge in [0.25, 0.3) is 0 Å². The molecular formula is C26H12F16N2O4. The van der Waals surface area contributed by atoms with Gasteiger partial charge in [-0.3, -0.25) is 0 Å². The van der Waals surface area contributed by atoms with Crippen molar-refractivity contribution in [2.75, 3.05) is 13.2 Å². The topological polar surface area (TPSA) is 80.8 Å². The monoisotopic (exact) mass is 720 g/mol. The SMILES string of the molecule is [C-]#[N+]c1cccc(C(=O)OCC(F)(F)C(F)(F)C(F)(F)C(F)(F)C(F)(F)C(F)(F)C(F)(F)C(F)(F)COC(=O)c2cccc(C#N)c2)c1. The molecule has 0 aliphatic rings. The Morgan fingerprint density at radius 3 is 1.33 bits per heavy atom. The number of hydrogen-bond donors (Lipinski definition) is 0. The van der Waals surface area contributed by atoms with E-state index in [-0.39, 0.29) is 0 Å². The number of nitriles is 1. The molecule has 0 aliphatic heterocycles. The Balaban J connectivity index is 2.39. The summed E-state index contributed by atoms with van der Waals surface area (Å²) in [5, 5.41) is 8.69. The second-order valence-electron chi connectivity index (χ2n) is 9.36. The van der Waals surface area contributed by atoms with Crippen molar-refractivity contribution in [1.29, 1.82) is 5.26 Å². The van der Waals surface area contributed by atoms with Gasteiger partial charge in [0.2, 0.25) is 0 Å². The van der Waals surface area contributed by atoms with Gasteiger partial charge in [0, 0.05) is 5.56 Å². The summed E-state index contributed by atoms with van der Waals surface area (Å²) in [6.07, 6.45) is 0. The first-order valence-corrected chi connectivity index (χ1v) is 11.9. The van der Waals surface area contributed by atoms with E-state index in [1.807, 2.05) is 0 Å². The smallest absolute Gasteiger partial charge is 0.385 e. The average Bonchev–Trinajstić information content (AvgIpc) is 3.01. The molecule has 0 unspecified atom stereocenters. The Hall–Kier alpha value is -4.76. The van der Waals surface area contributed by atoms with Gasteiger partial charge >= 0.3 is 59.3 Å². The highest BCUT2D eigenvalue weighted by Gasteiger charge is 2.94. The van der Waals surface area contributed by atoms with E-state index >= 15 is 0 Å². The summed E-state index contributed by atoms with van der Waals surface area (Å²) in [6, 6.07) is 7.57. The first kappa shape index (κ1) is 39.4. The quantitative estimate of drug-likeness (QED) is 0.119. The van der Waals surface area contributed by atoms with Gasteiger partial charge in [0.15, 0.2) is 18.9 Å². The molecule has 22 heteroatoms. The van der Waals surface area contributed by atoms with Gasteiger partial charge in [0.05, 0.1) is 23.8 Å². The van der Waals surface area contributed by atoms with Crippen molar-refractivity contribution in [3.8, 4) is 6.07 Å². The summed E-state index contributed by atoms with van der Waals surface area (Å²) in [5.74, 6) is -68.4. The highest BCUT2D eigenvalue weighted by atomic mass is 19.4. The summed E-state index contributed by atoms with van der Waals surface area (Å²) >= 11 is 0. The van der Waals surface area contributed by atoms with Crippen LogP contribution >= 0.6 is 0 Å². The molecule has 262 valence electrons. The molecule has 0 fully saturated rings. The van der Waals surface area contributed by atoms with Crippen LogP contribution in [0.5, 0.6) is 0 Å². The molecule has 0 saturated heterocycles. The van der Waals surface area contributed by atoms with Gasteiger partial charge in [-0.15, -0.1) is 0 Å². The molecule has 0 atom stereocenters. The lowest BCUT2D eigenvalue weighted by Gasteiger charge is -2.43. The molecule has 0 bridgehead atoms. The van der Waals surface area contributed by atoms with Crippen LogP contribution in [0, 0.1) is 17.9 Å². The zero-order valence-electron chi connectivity index (χ0n) is 22.6. The number of carbonyl (C=O) groups is 2. The summed E-state index contributed by atoms with van der Waals surface area (Å²) in [7, 11) is 0. The van der Waals surface area contributed by atoms with Crippen molar-refractivity contribution < 1.29 is 89.3 Å². The van der Waals surface area contributed by atoms with E-state index in [1.165, 1.54) is 6.07 Å². The van der Waals surface area contributed by atoms with Crippen molar-refractivity contribution in [2.24, 2.45) is 0 Å². The van der Waals surface area contributed by atoms with E-state index in [9.17, 15) is 79.8 Å². The van der Waals surface area contributed by atoms with E-state index in [0.717, 1.165) is 24.3 Å². The minimum absolute atomic E-state index is 0.400. The largest absolute Gasteiger partial charge is 0.455 e. The lowest BCUT2D eigenvalue weighted by molar-refractivity contribution is -0.454. The molecule has 0 aliphatic carbocycles. The molecule has 0 saturated carbocycles. The fraction of sp³-hybridized carbons (Fsp3) is 0.385. The van der Waals surface area contributed by atoms with Crippen LogP contribution in [-0.4, -0.2) is 72.5 Å². The van der Waals surface area contributed by atoms with Crippen LogP contribution in [-0.2, 0) is 9.47 Å². The molecular weight excluding hydrogens is 708 g/mol. The molecule has 0 heterocycles. The number of ether oxygens (including phenoxy) is 2. The van der Waals surface area contributed by atoms with Gasteiger partial charge < -0.3 is 9.47 Å². The number of halogens is 16. The second-order valence-corrected chi connectivity index (χ2v) is 9.36. The maximum absolute atomic E-state index is 14.2. The third kappa shape index (κ3) is 6.39. The summed E-state index contributed by atoms with van der Waals surface area (Å²) < 4.78 is 233. The lowest BCUT2D eigenvalue weighted by Crippen LogP contribution is -2.75. The van der Waals surface area contributed by atoms with E-state index < -0.39 is 94.9 Å². The number of nitrogens with zero attached hydrogens (tertiary/aromatic N) is 2. The third-order valence-corrected chi connectivity index (χ3v) is 6.10. The normalized spacial score (nSPS) is 13.7. The van der Waals surface area contributed by atoms with Gasteiger partial charge in [-0.05, 0) is 24.3 Å². The van der Waals surface area contributed by atoms with Gasteiger partial charge in [-0.25, -0.2) is 14.4 Å². The zero-order chi connectivity index (χ0) is 37.4.